The molecular formula is C8H10O3S2. The molecule has 0 unspecified atom stereocenters. The second-order valence-corrected chi connectivity index (χ2v) is 4.54. The molecule has 5 heteroatoms. The van der Waals surface area contributed by atoms with Crippen molar-refractivity contribution in [2.45, 2.75) is 11.1 Å². The van der Waals surface area contributed by atoms with E-state index in [0.29, 0.717) is 11.5 Å². The number of thiophene rings is 1. The molecule has 0 spiro atoms. The van der Waals surface area contributed by atoms with Crippen molar-refractivity contribution < 1.29 is 14.3 Å². The highest BCUT2D eigenvalue weighted by Gasteiger charge is 2.14. The molecule has 0 saturated carbocycles. The van der Waals surface area contributed by atoms with Crippen LogP contribution in [0.3, 0.4) is 0 Å². The minimum absolute atomic E-state index is 0.0443. The van der Waals surface area contributed by atoms with Crippen molar-refractivity contribution in [1.29, 1.82) is 0 Å². The second kappa shape index (κ2) is 4.53. The van der Waals surface area contributed by atoms with Crippen LogP contribution in [0, 0.1) is 0 Å². The lowest BCUT2D eigenvalue weighted by atomic mass is 10.5. The van der Waals surface area contributed by atoms with E-state index in [1.54, 1.807) is 14.2 Å². The average Bonchev–Trinajstić information content (AvgIpc) is 2.45. The fourth-order valence-electron chi connectivity index (χ4n) is 0.840. The highest BCUT2D eigenvalue weighted by Crippen LogP contribution is 2.43. The Balaban J connectivity index is 2.93. The Morgan fingerprint density at radius 2 is 2.15 bits per heavy atom. The van der Waals surface area contributed by atoms with Crippen molar-refractivity contribution in [3.63, 3.8) is 0 Å². The van der Waals surface area contributed by atoms with Crippen molar-refractivity contribution >= 4 is 28.2 Å². The van der Waals surface area contributed by atoms with Gasteiger partial charge in [-0.05, 0) is 11.8 Å². The zero-order valence-corrected chi connectivity index (χ0v) is 9.25. The van der Waals surface area contributed by atoms with Crippen molar-refractivity contribution in [2.24, 2.45) is 0 Å². The molecule has 72 valence electrons. The Morgan fingerprint density at radius 1 is 1.46 bits per heavy atom. The van der Waals surface area contributed by atoms with E-state index < -0.39 is 0 Å². The van der Waals surface area contributed by atoms with Gasteiger partial charge in [0.15, 0.2) is 16.6 Å². The van der Waals surface area contributed by atoms with E-state index in [0.717, 1.165) is 16.0 Å². The van der Waals surface area contributed by atoms with E-state index in [2.05, 4.69) is 0 Å². The van der Waals surface area contributed by atoms with E-state index >= 15 is 0 Å². The molecule has 13 heavy (non-hydrogen) atoms. The van der Waals surface area contributed by atoms with Gasteiger partial charge in [-0.15, -0.1) is 11.3 Å². The first-order valence-electron chi connectivity index (χ1n) is 3.57. The second-order valence-electron chi connectivity index (χ2n) is 2.22. The van der Waals surface area contributed by atoms with Crippen LogP contribution < -0.4 is 9.47 Å². The highest BCUT2D eigenvalue weighted by molar-refractivity contribution is 8.15. The van der Waals surface area contributed by atoms with Crippen LogP contribution in [0.25, 0.3) is 0 Å². The molecule has 0 atom stereocenters. The maximum atomic E-state index is 10.9. The normalized spacial score (nSPS) is 9.77. The molecule has 0 aromatic carbocycles. The number of hydrogen-bond donors (Lipinski definition) is 0. The minimum Gasteiger partial charge on any atom is -0.492 e. The topological polar surface area (TPSA) is 35.5 Å². The lowest BCUT2D eigenvalue weighted by Gasteiger charge is -2.02. The fourth-order valence-corrected chi connectivity index (χ4v) is 2.78. The van der Waals surface area contributed by atoms with E-state index in [4.69, 9.17) is 9.47 Å². The molecule has 0 N–H and O–H groups in total. The Bertz CT molecular complexity index is 306. The first-order valence-corrected chi connectivity index (χ1v) is 5.26. The van der Waals surface area contributed by atoms with Crippen LogP contribution in [0.2, 0.25) is 0 Å². The van der Waals surface area contributed by atoms with Gasteiger partial charge in [-0.1, -0.05) is 0 Å². The summed E-state index contributed by atoms with van der Waals surface area (Å²) >= 11 is 2.61. The van der Waals surface area contributed by atoms with Crippen LogP contribution >= 0.6 is 23.1 Å². The predicted molar refractivity (Wildman–Crippen MR) is 54.0 cm³/mol. The van der Waals surface area contributed by atoms with E-state index in [-0.39, 0.29) is 5.12 Å². The summed E-state index contributed by atoms with van der Waals surface area (Å²) in [6.07, 6.45) is 0. The molecule has 1 aromatic heterocycles. The zero-order valence-electron chi connectivity index (χ0n) is 7.62. The van der Waals surface area contributed by atoms with E-state index in [1.165, 1.54) is 18.3 Å². The van der Waals surface area contributed by atoms with Crippen LogP contribution in [0.1, 0.15) is 6.92 Å². The predicted octanol–water partition coefficient (Wildman–Crippen LogP) is 2.40. The van der Waals surface area contributed by atoms with E-state index in [9.17, 15) is 4.79 Å². The lowest BCUT2D eigenvalue weighted by Crippen LogP contribution is -1.88. The number of carbonyl (C=O) groups excluding carboxylic acids is 1. The third-order valence-electron chi connectivity index (χ3n) is 1.34. The first kappa shape index (κ1) is 10.4. The maximum absolute atomic E-state index is 10.9. The standard InChI is InChI=1S/C8H10O3S2/c1-5(9)13-8-7(11-3)6(10-2)4-12-8/h4H,1-3H3. The zero-order chi connectivity index (χ0) is 9.84. The number of ether oxygens (including phenoxy) is 2. The molecule has 0 radical (unpaired) electrons. The third-order valence-corrected chi connectivity index (χ3v) is 3.27. The Labute approximate surface area is 85.0 Å². The largest absolute Gasteiger partial charge is 0.492 e. The van der Waals surface area contributed by atoms with Crippen molar-refractivity contribution in [3.05, 3.63) is 5.38 Å². The molecule has 3 nitrogen and oxygen atoms in total. The molecule has 0 aliphatic carbocycles. The summed E-state index contributed by atoms with van der Waals surface area (Å²) in [5.41, 5.74) is 0. The van der Waals surface area contributed by atoms with Crippen LogP contribution in [0.4, 0.5) is 0 Å². The van der Waals surface area contributed by atoms with Gasteiger partial charge in [0.25, 0.3) is 0 Å². The summed E-state index contributed by atoms with van der Waals surface area (Å²) in [6.45, 7) is 1.52. The van der Waals surface area contributed by atoms with Gasteiger partial charge in [-0.25, -0.2) is 0 Å². The monoisotopic (exact) mass is 218 g/mol. The lowest BCUT2D eigenvalue weighted by molar-refractivity contribution is -0.109. The summed E-state index contributed by atoms with van der Waals surface area (Å²) in [7, 11) is 3.14. The van der Waals surface area contributed by atoms with Gasteiger partial charge in [0.05, 0.1) is 14.2 Å². The van der Waals surface area contributed by atoms with Crippen LogP contribution in [-0.4, -0.2) is 19.3 Å². The Morgan fingerprint density at radius 3 is 2.62 bits per heavy atom. The Hall–Kier alpha value is -0.680. The summed E-state index contributed by atoms with van der Waals surface area (Å²) in [5.74, 6) is 1.32. The SMILES string of the molecule is COc1csc(SC(C)=O)c1OC. The van der Waals surface area contributed by atoms with Crippen LogP contribution in [0.15, 0.2) is 9.59 Å². The van der Waals surface area contributed by atoms with E-state index in [1.807, 2.05) is 5.38 Å². The minimum atomic E-state index is 0.0443. The smallest absolute Gasteiger partial charge is 0.191 e. The molecule has 0 bridgehead atoms. The molecule has 0 fully saturated rings. The van der Waals surface area contributed by atoms with Gasteiger partial charge >= 0.3 is 0 Å². The van der Waals surface area contributed by atoms with Crippen molar-refractivity contribution in [2.75, 3.05) is 14.2 Å². The Kier molecular flexibility index (Phi) is 3.62. The summed E-state index contributed by atoms with van der Waals surface area (Å²) in [6, 6.07) is 0. The fraction of sp³-hybridized carbons (Fsp3) is 0.375. The van der Waals surface area contributed by atoms with Gasteiger partial charge < -0.3 is 9.47 Å². The molecule has 0 aliphatic heterocycles. The molecular weight excluding hydrogens is 208 g/mol. The highest BCUT2D eigenvalue weighted by atomic mass is 32.2. The quantitative estimate of drug-likeness (QED) is 0.730. The van der Waals surface area contributed by atoms with Crippen molar-refractivity contribution in [3.8, 4) is 11.5 Å². The van der Waals surface area contributed by atoms with Gasteiger partial charge in [0.1, 0.15) is 4.21 Å². The molecule has 0 aliphatic rings. The molecule has 0 amide bonds. The summed E-state index contributed by atoms with van der Waals surface area (Å²) in [5, 5.41) is 1.87. The van der Waals surface area contributed by atoms with Gasteiger partial charge in [-0.2, -0.15) is 0 Å². The molecule has 1 heterocycles. The molecule has 1 aromatic rings. The molecule has 1 rings (SSSR count). The summed E-state index contributed by atoms with van der Waals surface area (Å²) < 4.78 is 11.0. The van der Waals surface area contributed by atoms with Crippen LogP contribution in [0.5, 0.6) is 11.5 Å². The number of hydrogen-bond acceptors (Lipinski definition) is 5. The maximum Gasteiger partial charge on any atom is 0.191 e. The number of rotatable bonds is 3. The average molecular weight is 218 g/mol. The van der Waals surface area contributed by atoms with Crippen LogP contribution in [-0.2, 0) is 4.79 Å². The number of carbonyl (C=O) groups is 1. The third kappa shape index (κ3) is 2.38. The number of methoxy groups -OCH3 is 2. The van der Waals surface area contributed by atoms with Gasteiger partial charge in [0.2, 0.25) is 0 Å². The first-order chi connectivity index (χ1) is 6.19. The molecule has 0 saturated heterocycles. The van der Waals surface area contributed by atoms with Gasteiger partial charge in [0, 0.05) is 12.3 Å². The van der Waals surface area contributed by atoms with Gasteiger partial charge in [-0.3, -0.25) is 4.79 Å². The number of thioether (sulfide) groups is 1. The summed E-state index contributed by atoms with van der Waals surface area (Å²) in [4.78, 5) is 10.9. The van der Waals surface area contributed by atoms with Crippen molar-refractivity contribution in [1.82, 2.24) is 0 Å².